The fourth-order valence-corrected chi connectivity index (χ4v) is 7.90. The minimum Gasteiger partial charge on any atom is -0.387 e. The summed E-state index contributed by atoms with van der Waals surface area (Å²) in [5.74, 6) is 0.295. The van der Waals surface area contributed by atoms with Crippen molar-refractivity contribution in [2.24, 2.45) is 17.8 Å². The van der Waals surface area contributed by atoms with E-state index in [1.54, 1.807) is 39.6 Å². The van der Waals surface area contributed by atoms with Crippen LogP contribution in [-0.4, -0.2) is 144 Å². The Balaban J connectivity index is 2.11. The summed E-state index contributed by atoms with van der Waals surface area (Å²) in [7, 11) is 6.98. The Hall–Kier alpha value is -1.86. The molecule has 3 aliphatic heterocycles. The van der Waals surface area contributed by atoms with Gasteiger partial charge in [-0.05, 0) is 60.5 Å². The highest BCUT2D eigenvalue weighted by molar-refractivity contribution is 5.81. The van der Waals surface area contributed by atoms with Gasteiger partial charge in [0.2, 0.25) is 11.8 Å². The first-order chi connectivity index (χ1) is 22.7. The lowest BCUT2D eigenvalue weighted by molar-refractivity contribution is -0.317. The van der Waals surface area contributed by atoms with Gasteiger partial charge in [0.1, 0.15) is 12.2 Å². The molecule has 0 radical (unpaired) electrons. The number of nitrogens with zero attached hydrogens (tertiary/aromatic N) is 2. The van der Waals surface area contributed by atoms with Crippen LogP contribution < -0.4 is 5.32 Å². The number of hydrogen-bond acceptors (Lipinski definition) is 11. The number of methoxy groups -OCH3 is 1. The third-order valence-electron chi connectivity index (χ3n) is 10.8. The number of aliphatic hydroxyl groups is 3. The predicted octanol–water partition coefficient (Wildman–Crippen LogP) is 1.50. The molecule has 0 aliphatic carbocycles. The molecule has 0 unspecified atom stereocenters. The average molecular weight is 698 g/mol. The maximum Gasteiger partial charge on any atom is 0.225 e. The van der Waals surface area contributed by atoms with Gasteiger partial charge in [-0.15, -0.1) is 12.3 Å². The summed E-state index contributed by atoms with van der Waals surface area (Å²) < 4.78 is 31.4. The largest absolute Gasteiger partial charge is 0.387 e. The van der Waals surface area contributed by atoms with Gasteiger partial charge >= 0.3 is 0 Å². The molecular formula is C36H63N3O10. The first-order valence-corrected chi connectivity index (χ1v) is 17.6. The number of likely N-dealkylation sites (N-methyl/N-ethyl adjacent to an activating group) is 1. The Kier molecular flexibility index (Phi) is 14.5. The Labute approximate surface area is 293 Å². The van der Waals surface area contributed by atoms with Gasteiger partial charge in [0.15, 0.2) is 12.6 Å². The fourth-order valence-electron chi connectivity index (χ4n) is 7.90. The van der Waals surface area contributed by atoms with Crippen molar-refractivity contribution in [1.82, 2.24) is 15.1 Å². The molecule has 4 N–H and O–H groups in total. The molecule has 3 fully saturated rings. The van der Waals surface area contributed by atoms with Gasteiger partial charge in [-0.1, -0.05) is 20.8 Å². The molecule has 0 saturated carbocycles. The quantitative estimate of drug-likeness (QED) is 0.286. The summed E-state index contributed by atoms with van der Waals surface area (Å²) in [6, 6.07) is -0.862. The van der Waals surface area contributed by atoms with Crippen molar-refractivity contribution in [2.45, 2.75) is 153 Å². The van der Waals surface area contributed by atoms with Crippen molar-refractivity contribution in [3.63, 3.8) is 0 Å². The van der Waals surface area contributed by atoms with Crippen LogP contribution in [-0.2, 0) is 33.3 Å². The Morgan fingerprint density at radius 3 is 2.33 bits per heavy atom. The van der Waals surface area contributed by atoms with E-state index in [1.165, 1.54) is 7.11 Å². The topological polar surface area (TPSA) is 159 Å². The first kappa shape index (κ1) is 41.6. The van der Waals surface area contributed by atoms with E-state index >= 15 is 0 Å². The SMILES string of the molecule is C#CC[C@@H]1CC(=O)N(C)C[C@H](C)C[C@@](C)(O)[C@H](O[C@@H]2O[C@H](C)C[C@H](N(C)C)[C@H]2O)[C@@H](C)[C@H](O[C@H]2C[C@@](C)(OC)[C@@H](O)[C@H](C)O2)[C@@H](C)C(=O)N1. The maximum absolute atomic E-state index is 14.0. The highest BCUT2D eigenvalue weighted by Crippen LogP contribution is 2.39. The maximum atomic E-state index is 14.0. The molecule has 2 amide bonds. The van der Waals surface area contributed by atoms with Crippen molar-refractivity contribution in [3.05, 3.63) is 0 Å². The number of nitrogens with one attached hydrogen (secondary N) is 1. The number of ether oxygens (including phenoxy) is 5. The lowest BCUT2D eigenvalue weighted by Gasteiger charge is -2.49. The Morgan fingerprint density at radius 1 is 1.08 bits per heavy atom. The molecule has 0 bridgehead atoms. The van der Waals surface area contributed by atoms with E-state index in [4.69, 9.17) is 30.1 Å². The van der Waals surface area contributed by atoms with Crippen molar-refractivity contribution >= 4 is 11.8 Å². The minimum absolute atomic E-state index is 0.0184. The van der Waals surface area contributed by atoms with Crippen LogP contribution in [0.3, 0.4) is 0 Å². The first-order valence-electron chi connectivity index (χ1n) is 17.6. The van der Waals surface area contributed by atoms with E-state index in [0.717, 1.165) is 0 Å². The molecule has 0 aromatic rings. The number of amides is 2. The summed E-state index contributed by atoms with van der Waals surface area (Å²) in [4.78, 5) is 30.8. The summed E-state index contributed by atoms with van der Waals surface area (Å²) in [5, 5.41) is 37.6. The van der Waals surface area contributed by atoms with Crippen molar-refractivity contribution in [3.8, 4) is 12.3 Å². The highest BCUT2D eigenvalue weighted by atomic mass is 16.7. The molecule has 0 aromatic carbocycles. The van der Waals surface area contributed by atoms with Crippen LogP contribution in [0, 0.1) is 30.1 Å². The molecule has 15 atom stereocenters. The fraction of sp³-hybridized carbons (Fsp3) is 0.889. The van der Waals surface area contributed by atoms with Gasteiger partial charge in [-0.3, -0.25) is 9.59 Å². The van der Waals surface area contributed by atoms with Gasteiger partial charge in [0.05, 0.1) is 41.5 Å². The highest BCUT2D eigenvalue weighted by Gasteiger charge is 2.51. The van der Waals surface area contributed by atoms with Gasteiger partial charge in [-0.2, -0.15) is 0 Å². The van der Waals surface area contributed by atoms with Crippen LogP contribution in [0.4, 0.5) is 0 Å². The smallest absolute Gasteiger partial charge is 0.225 e. The second-order valence-electron chi connectivity index (χ2n) is 15.6. The molecule has 0 spiro atoms. The van der Waals surface area contributed by atoms with Gasteiger partial charge in [-0.25, -0.2) is 0 Å². The molecule has 282 valence electrons. The van der Waals surface area contributed by atoms with Crippen molar-refractivity contribution in [1.29, 1.82) is 0 Å². The molecule has 13 nitrogen and oxygen atoms in total. The second kappa shape index (κ2) is 17.1. The van der Waals surface area contributed by atoms with Crippen LogP contribution >= 0.6 is 0 Å². The van der Waals surface area contributed by atoms with Crippen molar-refractivity contribution < 1.29 is 48.6 Å². The van der Waals surface area contributed by atoms with E-state index < -0.39 is 78.1 Å². The number of terminal acetylenes is 1. The van der Waals surface area contributed by atoms with Crippen molar-refractivity contribution in [2.75, 3.05) is 34.8 Å². The number of carbonyl (C=O) groups is 2. The molecule has 3 rings (SSSR count). The normalized spacial score (nSPS) is 45.0. The molecule has 13 heteroatoms. The lowest BCUT2D eigenvalue weighted by Crippen LogP contribution is -2.61. The van der Waals surface area contributed by atoms with Crippen LogP contribution in [0.15, 0.2) is 0 Å². The number of aliphatic hydroxyl groups excluding tert-OH is 2. The van der Waals surface area contributed by atoms with E-state index in [9.17, 15) is 24.9 Å². The Bertz CT molecular complexity index is 1150. The molecule has 49 heavy (non-hydrogen) atoms. The summed E-state index contributed by atoms with van der Waals surface area (Å²) >= 11 is 0. The predicted molar refractivity (Wildman–Crippen MR) is 183 cm³/mol. The third kappa shape index (κ3) is 10.1. The molecule has 0 aromatic heterocycles. The van der Waals surface area contributed by atoms with Gasteiger partial charge in [0.25, 0.3) is 0 Å². The lowest BCUT2D eigenvalue weighted by atomic mass is 9.77. The standard InChI is InChI=1S/C36H63N3O10/c1-13-14-25-16-27(40)39(11)19-20(2)17-35(7,44)32(49-34-29(41)26(38(9)10)15-21(3)46-34)22(4)30(23(5)33(43)37-25)48-28-18-36(8,45-12)31(42)24(6)47-28/h1,20-26,28-32,34,41-42,44H,14-19H2,2-12H3,(H,37,43)/t20-,21-,22+,23-,24+,25-,26+,28+,29-,30+,31+,32-,34+,35-,36-/m1/s1. The van der Waals surface area contributed by atoms with Gasteiger partial charge < -0.3 is 54.1 Å². The molecular weight excluding hydrogens is 634 g/mol. The third-order valence-corrected chi connectivity index (χ3v) is 10.8. The van der Waals surface area contributed by atoms with Gasteiger partial charge in [0, 0.05) is 58.0 Å². The average Bonchev–Trinajstić information content (AvgIpc) is 3.00. The zero-order valence-corrected chi connectivity index (χ0v) is 31.4. The monoisotopic (exact) mass is 697 g/mol. The van der Waals surface area contributed by atoms with E-state index in [-0.39, 0.29) is 49.7 Å². The Morgan fingerprint density at radius 2 is 1.73 bits per heavy atom. The molecule has 3 aliphatic rings. The summed E-state index contributed by atoms with van der Waals surface area (Å²) in [6.07, 6.45) is 0.0532. The number of rotatable bonds is 7. The zero-order chi connectivity index (χ0) is 37.0. The van der Waals surface area contributed by atoms with Crippen LogP contribution in [0.25, 0.3) is 0 Å². The zero-order valence-electron chi connectivity index (χ0n) is 31.4. The van der Waals surface area contributed by atoms with Crippen LogP contribution in [0.2, 0.25) is 0 Å². The second-order valence-corrected chi connectivity index (χ2v) is 15.6. The minimum atomic E-state index is -1.54. The molecule has 3 heterocycles. The van der Waals surface area contributed by atoms with E-state index in [1.807, 2.05) is 39.8 Å². The number of carbonyl (C=O) groups excluding carboxylic acids is 2. The summed E-state index contributed by atoms with van der Waals surface area (Å²) in [6.45, 7) is 12.9. The van der Waals surface area contributed by atoms with Crippen LogP contribution in [0.5, 0.6) is 0 Å². The van der Waals surface area contributed by atoms with E-state index in [2.05, 4.69) is 11.2 Å². The number of hydrogen-bond donors (Lipinski definition) is 4. The summed E-state index contributed by atoms with van der Waals surface area (Å²) in [5.41, 5.74) is -2.52. The van der Waals surface area contributed by atoms with E-state index in [0.29, 0.717) is 13.0 Å². The van der Waals surface area contributed by atoms with Crippen LogP contribution in [0.1, 0.15) is 80.6 Å². The molecule has 3 saturated heterocycles.